The molecule has 0 saturated carbocycles. The zero-order valence-electron chi connectivity index (χ0n) is 9.74. The second-order valence-electron chi connectivity index (χ2n) is 3.69. The first-order valence-electron chi connectivity index (χ1n) is 5.43. The molecule has 2 rings (SSSR count). The molecule has 2 aromatic carbocycles. The van der Waals surface area contributed by atoms with Gasteiger partial charge in [-0.25, -0.2) is 8.78 Å². The van der Waals surface area contributed by atoms with E-state index >= 15 is 0 Å². The highest BCUT2D eigenvalue weighted by Gasteiger charge is 2.08. The van der Waals surface area contributed by atoms with E-state index in [4.69, 9.17) is 16.4 Å². The zero-order valence-corrected chi connectivity index (χ0v) is 10.5. The first-order valence-corrected chi connectivity index (χ1v) is 5.81. The highest BCUT2D eigenvalue weighted by Crippen LogP contribution is 2.13. The second kappa shape index (κ2) is 6.29. The molecule has 2 aromatic rings. The number of halogens is 3. The molecule has 0 aliphatic carbocycles. The lowest BCUT2D eigenvalue weighted by Crippen LogP contribution is -1.96. The summed E-state index contributed by atoms with van der Waals surface area (Å²) in [5, 5.41) is 4.06. The molecule has 0 spiro atoms. The van der Waals surface area contributed by atoms with Crippen LogP contribution in [0, 0.1) is 11.6 Å². The average molecular weight is 281 g/mol. The zero-order chi connectivity index (χ0) is 13.7. The molecule has 0 N–H and O–H groups in total. The Morgan fingerprint density at radius 2 is 1.79 bits per heavy atom. The van der Waals surface area contributed by atoms with E-state index in [0.717, 1.165) is 12.1 Å². The summed E-state index contributed by atoms with van der Waals surface area (Å²) in [6.45, 7) is -0.300. The van der Waals surface area contributed by atoms with E-state index in [1.807, 2.05) is 0 Å². The van der Waals surface area contributed by atoms with Gasteiger partial charge in [0.1, 0.15) is 24.5 Å². The van der Waals surface area contributed by atoms with E-state index in [1.54, 1.807) is 24.3 Å². The van der Waals surface area contributed by atoms with Crippen LogP contribution < -0.4 is 0 Å². The summed E-state index contributed by atoms with van der Waals surface area (Å²) in [6.07, 6.45) is 2.57. The molecule has 19 heavy (non-hydrogen) atoms. The van der Waals surface area contributed by atoms with Crippen molar-refractivity contribution in [2.75, 3.05) is 0 Å². The number of hydrogen-bond donors (Lipinski definition) is 0. The smallest absolute Gasteiger partial charge is 0.148 e. The number of nitrogens with zero attached hydrogens (tertiary/aromatic N) is 1. The molecule has 5 heteroatoms. The van der Waals surface area contributed by atoms with Crippen LogP contribution in [-0.4, -0.2) is 6.21 Å². The normalized spacial score (nSPS) is 10.9. The quantitative estimate of drug-likeness (QED) is 0.612. The molecule has 0 bridgehead atoms. The van der Waals surface area contributed by atoms with Gasteiger partial charge in [-0.05, 0) is 24.3 Å². The number of hydrogen-bond acceptors (Lipinski definition) is 2. The Hall–Kier alpha value is -1.94. The van der Waals surface area contributed by atoms with Crippen molar-refractivity contribution in [2.24, 2.45) is 5.16 Å². The van der Waals surface area contributed by atoms with Gasteiger partial charge >= 0.3 is 0 Å². The van der Waals surface area contributed by atoms with Crippen LogP contribution in [-0.2, 0) is 11.4 Å². The van der Waals surface area contributed by atoms with Gasteiger partial charge in [-0.1, -0.05) is 35.0 Å². The fraction of sp³-hybridized carbons (Fsp3) is 0.0714. The van der Waals surface area contributed by atoms with Crippen molar-refractivity contribution in [3.8, 4) is 0 Å². The van der Waals surface area contributed by atoms with Crippen LogP contribution in [0.15, 0.2) is 47.6 Å². The molecule has 0 amide bonds. The molecule has 0 heterocycles. The van der Waals surface area contributed by atoms with Crippen molar-refractivity contribution in [3.63, 3.8) is 0 Å². The molecule has 0 unspecified atom stereocenters. The van der Waals surface area contributed by atoms with Crippen molar-refractivity contribution in [3.05, 3.63) is 70.2 Å². The largest absolute Gasteiger partial charge is 0.390 e. The molecule has 1 radical (unpaired) electrons. The minimum atomic E-state index is -0.669. The molecule has 0 aliphatic rings. The molecule has 97 valence electrons. The SMILES string of the molecule is Fc1cccc(F)c1CO/N=[C]\c1cccc(Cl)c1. The summed E-state index contributed by atoms with van der Waals surface area (Å²) in [5.41, 5.74) is 0.445. The molecular weight excluding hydrogens is 272 g/mol. The lowest BCUT2D eigenvalue weighted by Gasteiger charge is -2.02. The maximum absolute atomic E-state index is 13.3. The third-order valence-electron chi connectivity index (χ3n) is 2.33. The first-order chi connectivity index (χ1) is 9.16. The summed E-state index contributed by atoms with van der Waals surface area (Å²) in [7, 11) is 0. The van der Waals surface area contributed by atoms with Crippen LogP contribution in [0.2, 0.25) is 5.02 Å². The highest BCUT2D eigenvalue weighted by atomic mass is 35.5. The molecule has 0 aromatic heterocycles. The fourth-order valence-corrected chi connectivity index (χ4v) is 1.60. The molecule has 2 nitrogen and oxygen atoms in total. The third-order valence-corrected chi connectivity index (χ3v) is 2.57. The van der Waals surface area contributed by atoms with Crippen LogP contribution in [0.4, 0.5) is 8.78 Å². The number of rotatable bonds is 4. The van der Waals surface area contributed by atoms with Crippen molar-refractivity contribution in [1.29, 1.82) is 0 Å². The molecule has 0 saturated heterocycles. The van der Waals surface area contributed by atoms with E-state index in [1.165, 1.54) is 6.07 Å². The monoisotopic (exact) mass is 280 g/mol. The van der Waals surface area contributed by atoms with E-state index in [2.05, 4.69) is 11.4 Å². The predicted octanol–water partition coefficient (Wildman–Crippen LogP) is 4.05. The lowest BCUT2D eigenvalue weighted by molar-refractivity contribution is 0.126. The van der Waals surface area contributed by atoms with Gasteiger partial charge in [0.05, 0.1) is 5.56 Å². The van der Waals surface area contributed by atoms with E-state index in [9.17, 15) is 8.78 Å². The molecule has 0 aliphatic heterocycles. The molecule has 0 fully saturated rings. The van der Waals surface area contributed by atoms with E-state index < -0.39 is 11.6 Å². The summed E-state index contributed by atoms with van der Waals surface area (Å²) in [5.74, 6) is -1.34. The van der Waals surface area contributed by atoms with Gasteiger partial charge in [0, 0.05) is 10.6 Å². The van der Waals surface area contributed by atoms with Crippen LogP contribution in [0.5, 0.6) is 0 Å². The van der Waals surface area contributed by atoms with Crippen molar-refractivity contribution < 1.29 is 13.6 Å². The molecule has 0 atom stereocenters. The lowest BCUT2D eigenvalue weighted by atomic mass is 10.2. The Morgan fingerprint density at radius 1 is 1.11 bits per heavy atom. The third kappa shape index (κ3) is 3.76. The Balaban J connectivity index is 1.97. The Bertz CT molecular complexity index is 581. The fourth-order valence-electron chi connectivity index (χ4n) is 1.41. The van der Waals surface area contributed by atoms with Gasteiger partial charge in [0.2, 0.25) is 0 Å². The summed E-state index contributed by atoms with van der Waals surface area (Å²) < 4.78 is 26.5. The topological polar surface area (TPSA) is 21.6 Å². The van der Waals surface area contributed by atoms with Gasteiger partial charge in [-0.15, -0.1) is 0 Å². The van der Waals surface area contributed by atoms with Crippen molar-refractivity contribution in [1.82, 2.24) is 0 Å². The van der Waals surface area contributed by atoms with Gasteiger partial charge in [0.15, 0.2) is 0 Å². The van der Waals surface area contributed by atoms with Crippen LogP contribution in [0.1, 0.15) is 11.1 Å². The Kier molecular flexibility index (Phi) is 4.47. The van der Waals surface area contributed by atoms with Gasteiger partial charge in [-0.2, -0.15) is 0 Å². The maximum Gasteiger partial charge on any atom is 0.148 e. The average Bonchev–Trinajstić information content (AvgIpc) is 2.37. The van der Waals surface area contributed by atoms with Gasteiger partial charge in [-0.3, -0.25) is 0 Å². The Labute approximate surface area is 114 Å². The van der Waals surface area contributed by atoms with Crippen LogP contribution in [0.3, 0.4) is 0 Å². The van der Waals surface area contributed by atoms with E-state index in [0.29, 0.717) is 10.6 Å². The minimum Gasteiger partial charge on any atom is -0.390 e. The van der Waals surface area contributed by atoms with Crippen molar-refractivity contribution in [2.45, 2.75) is 6.61 Å². The molecular formula is C14H9ClF2NO. The minimum absolute atomic E-state index is 0.167. The second-order valence-corrected chi connectivity index (χ2v) is 4.12. The van der Waals surface area contributed by atoms with Gasteiger partial charge in [0.25, 0.3) is 0 Å². The summed E-state index contributed by atoms with van der Waals surface area (Å²) in [6, 6.07) is 10.4. The summed E-state index contributed by atoms with van der Waals surface area (Å²) in [4.78, 5) is 4.82. The van der Waals surface area contributed by atoms with E-state index in [-0.39, 0.29) is 12.2 Å². The van der Waals surface area contributed by atoms with Crippen LogP contribution in [0.25, 0.3) is 0 Å². The van der Waals surface area contributed by atoms with Gasteiger partial charge < -0.3 is 4.84 Å². The predicted molar refractivity (Wildman–Crippen MR) is 69.1 cm³/mol. The van der Waals surface area contributed by atoms with Crippen molar-refractivity contribution >= 4 is 17.8 Å². The Morgan fingerprint density at radius 3 is 2.47 bits per heavy atom. The summed E-state index contributed by atoms with van der Waals surface area (Å²) >= 11 is 5.77. The highest BCUT2D eigenvalue weighted by molar-refractivity contribution is 6.30. The first kappa shape index (κ1) is 13.5. The van der Waals surface area contributed by atoms with Crippen LogP contribution >= 0.6 is 11.6 Å². The standard InChI is InChI=1S/C14H9ClF2NO/c15-11-4-1-3-10(7-11)8-18-19-9-12-13(16)5-2-6-14(12)17/h1-7H,9H2. The maximum atomic E-state index is 13.3. The number of benzene rings is 2.